The quantitative estimate of drug-likeness (QED) is 0.656. The summed E-state index contributed by atoms with van der Waals surface area (Å²) in [4.78, 5) is 27.2. The Bertz CT molecular complexity index is 1130. The molecule has 0 radical (unpaired) electrons. The fraction of sp³-hybridized carbons (Fsp3) is 0.600. The second kappa shape index (κ2) is 6.96. The Labute approximate surface area is 197 Å². The van der Waals surface area contributed by atoms with Crippen LogP contribution in [-0.2, 0) is 35.6 Å². The van der Waals surface area contributed by atoms with Crippen LogP contribution in [0, 0.1) is 0 Å². The molecule has 1 spiro atoms. The molecule has 2 aliphatic carbocycles. The van der Waals surface area contributed by atoms with Crippen LogP contribution in [0.4, 0.5) is 0 Å². The van der Waals surface area contributed by atoms with Gasteiger partial charge in [-0.1, -0.05) is 6.07 Å². The van der Waals surface area contributed by atoms with Gasteiger partial charge in [-0.3, -0.25) is 4.79 Å². The van der Waals surface area contributed by atoms with Gasteiger partial charge in [-0.15, -0.1) is 0 Å². The number of ether oxygens (including phenoxy) is 5. The summed E-state index contributed by atoms with van der Waals surface area (Å²) in [7, 11) is 3.63. The predicted octanol–water partition coefficient (Wildman–Crippen LogP) is 1.58. The molecule has 0 amide bonds. The van der Waals surface area contributed by atoms with Crippen molar-refractivity contribution in [3.8, 4) is 11.5 Å². The lowest BCUT2D eigenvalue weighted by atomic mass is 9.50. The smallest absolute Gasteiger partial charge is 0.338 e. The predicted molar refractivity (Wildman–Crippen MR) is 117 cm³/mol. The molecule has 5 atom stereocenters. The van der Waals surface area contributed by atoms with Crippen LogP contribution in [0.2, 0.25) is 0 Å². The van der Waals surface area contributed by atoms with Crippen molar-refractivity contribution >= 4 is 11.9 Å². The summed E-state index contributed by atoms with van der Waals surface area (Å²) in [5.74, 6) is -0.709. The molecular weight excluding hydrogens is 442 g/mol. The van der Waals surface area contributed by atoms with E-state index in [1.54, 1.807) is 27.0 Å². The third kappa shape index (κ3) is 2.71. The van der Waals surface area contributed by atoms with Crippen molar-refractivity contribution in [1.82, 2.24) is 4.90 Å². The van der Waals surface area contributed by atoms with Crippen molar-refractivity contribution in [3.63, 3.8) is 0 Å². The Morgan fingerprint density at radius 2 is 2.12 bits per heavy atom. The van der Waals surface area contributed by atoms with Crippen molar-refractivity contribution in [2.24, 2.45) is 0 Å². The minimum Gasteiger partial charge on any atom is -0.493 e. The molecule has 0 saturated carbocycles. The molecule has 1 N–H and O–H groups in total. The molecular formula is C25H29NO8. The summed E-state index contributed by atoms with van der Waals surface area (Å²) < 4.78 is 28.5. The highest BCUT2D eigenvalue weighted by Crippen LogP contribution is 2.65. The molecule has 0 aromatic heterocycles. The van der Waals surface area contributed by atoms with E-state index in [2.05, 4.69) is 4.90 Å². The van der Waals surface area contributed by atoms with E-state index in [4.69, 9.17) is 23.7 Å². The van der Waals surface area contributed by atoms with Crippen LogP contribution in [0.25, 0.3) is 0 Å². The molecule has 9 heteroatoms. The van der Waals surface area contributed by atoms with E-state index < -0.39 is 40.9 Å². The standard InChI is InChI=1S/C25H29NO8/c1-23(2)33-16(22(28)34-23)12-18(27)31-15-7-8-25(29)17-11-13-5-6-14(30-4)20-19(13)24(25,21(15)32-20)9-10-26(17)3/h5-7,16-17,21,29H,8-12H2,1-4H3/t16-,17-,21+,24+,25-/m0/s1. The molecule has 2 fully saturated rings. The van der Waals surface area contributed by atoms with E-state index in [1.807, 2.05) is 19.2 Å². The molecule has 9 nitrogen and oxygen atoms in total. The van der Waals surface area contributed by atoms with Gasteiger partial charge in [0.25, 0.3) is 0 Å². The maximum Gasteiger partial charge on any atom is 0.338 e. The number of hydrogen-bond acceptors (Lipinski definition) is 9. The van der Waals surface area contributed by atoms with Gasteiger partial charge in [-0.2, -0.15) is 0 Å². The zero-order valence-electron chi connectivity index (χ0n) is 19.8. The van der Waals surface area contributed by atoms with Crippen molar-refractivity contribution < 1.29 is 38.4 Å². The highest BCUT2D eigenvalue weighted by Gasteiger charge is 2.72. The van der Waals surface area contributed by atoms with Gasteiger partial charge in [0.2, 0.25) is 5.79 Å². The first-order valence-corrected chi connectivity index (χ1v) is 11.7. The van der Waals surface area contributed by atoms with Crippen LogP contribution in [0.3, 0.4) is 0 Å². The topological polar surface area (TPSA) is 104 Å². The second-order valence-electron chi connectivity index (χ2n) is 10.4. The molecule has 5 aliphatic rings. The van der Waals surface area contributed by atoms with E-state index in [0.29, 0.717) is 36.5 Å². The highest BCUT2D eigenvalue weighted by molar-refractivity contribution is 5.83. The number of likely N-dealkylation sites (N-methyl/N-ethyl adjacent to an activating group) is 1. The third-order valence-corrected chi connectivity index (χ3v) is 8.18. The maximum atomic E-state index is 12.9. The fourth-order valence-corrected chi connectivity index (χ4v) is 6.76. The number of piperidine rings is 1. The Hall–Kier alpha value is -2.62. The van der Waals surface area contributed by atoms with Gasteiger partial charge in [-0.05, 0) is 44.1 Å². The summed E-state index contributed by atoms with van der Waals surface area (Å²) in [5.41, 5.74) is 0.260. The average molecular weight is 472 g/mol. The lowest BCUT2D eigenvalue weighted by molar-refractivity contribution is -0.171. The molecule has 182 valence electrons. The Kier molecular flexibility index (Phi) is 4.48. The molecule has 34 heavy (non-hydrogen) atoms. The largest absolute Gasteiger partial charge is 0.493 e. The van der Waals surface area contributed by atoms with Crippen molar-refractivity contribution in [2.75, 3.05) is 20.7 Å². The summed E-state index contributed by atoms with van der Waals surface area (Å²) in [6.07, 6.45) is 1.48. The van der Waals surface area contributed by atoms with Gasteiger partial charge in [0.05, 0.1) is 24.5 Å². The fourth-order valence-electron chi connectivity index (χ4n) is 6.76. The number of carbonyl (C=O) groups is 2. The number of cyclic esters (lactones) is 1. The van der Waals surface area contributed by atoms with Crippen LogP contribution >= 0.6 is 0 Å². The van der Waals surface area contributed by atoms with Crippen LogP contribution in [0.15, 0.2) is 24.0 Å². The number of likely N-dealkylation sites (tertiary alicyclic amines) is 1. The number of rotatable bonds is 4. The molecule has 6 rings (SSSR count). The highest BCUT2D eigenvalue weighted by atomic mass is 16.8. The van der Waals surface area contributed by atoms with Crippen LogP contribution < -0.4 is 9.47 Å². The number of methoxy groups -OCH3 is 1. The van der Waals surface area contributed by atoms with E-state index >= 15 is 0 Å². The van der Waals surface area contributed by atoms with Crippen LogP contribution in [0.5, 0.6) is 11.5 Å². The van der Waals surface area contributed by atoms with Gasteiger partial charge in [0.15, 0.2) is 23.7 Å². The number of esters is 2. The summed E-state index contributed by atoms with van der Waals surface area (Å²) in [6.45, 7) is 4.02. The first-order valence-electron chi connectivity index (χ1n) is 11.7. The van der Waals surface area contributed by atoms with E-state index in [9.17, 15) is 14.7 Å². The minimum absolute atomic E-state index is 0.0865. The molecule has 1 aromatic carbocycles. The number of benzene rings is 1. The Balaban J connectivity index is 1.36. The van der Waals surface area contributed by atoms with Crippen molar-refractivity contribution in [2.45, 2.75) is 74.6 Å². The van der Waals surface area contributed by atoms with Gasteiger partial charge >= 0.3 is 11.9 Å². The van der Waals surface area contributed by atoms with Gasteiger partial charge in [-0.25, -0.2) is 4.79 Å². The van der Waals surface area contributed by atoms with Crippen LogP contribution in [0.1, 0.15) is 44.2 Å². The molecule has 3 heterocycles. The average Bonchev–Trinajstić information content (AvgIpc) is 3.25. The lowest BCUT2D eigenvalue weighted by Crippen LogP contribution is -2.74. The zero-order valence-corrected chi connectivity index (χ0v) is 19.8. The summed E-state index contributed by atoms with van der Waals surface area (Å²) >= 11 is 0. The normalized spacial score (nSPS) is 36.8. The summed E-state index contributed by atoms with van der Waals surface area (Å²) in [6, 6.07) is 3.85. The first-order chi connectivity index (χ1) is 16.1. The monoisotopic (exact) mass is 471 g/mol. The lowest BCUT2D eigenvalue weighted by Gasteiger charge is -2.61. The number of nitrogens with zero attached hydrogens (tertiary/aromatic N) is 1. The second-order valence-corrected chi connectivity index (χ2v) is 10.4. The molecule has 1 aromatic rings. The maximum absolute atomic E-state index is 12.9. The third-order valence-electron chi connectivity index (χ3n) is 8.18. The first kappa shape index (κ1) is 21.9. The number of aliphatic hydroxyl groups is 1. The Morgan fingerprint density at radius 3 is 2.82 bits per heavy atom. The molecule has 0 unspecified atom stereocenters. The van der Waals surface area contributed by atoms with Gasteiger partial charge < -0.3 is 33.7 Å². The molecule has 2 bridgehead atoms. The number of hydrogen-bond donors (Lipinski definition) is 1. The van der Waals surface area contributed by atoms with E-state index in [-0.39, 0.29) is 12.5 Å². The minimum atomic E-state index is -1.08. The summed E-state index contributed by atoms with van der Waals surface area (Å²) in [5, 5.41) is 12.2. The van der Waals surface area contributed by atoms with E-state index in [0.717, 1.165) is 17.7 Å². The van der Waals surface area contributed by atoms with Crippen molar-refractivity contribution in [1.29, 1.82) is 0 Å². The van der Waals surface area contributed by atoms with Gasteiger partial charge in [0, 0.05) is 31.9 Å². The van der Waals surface area contributed by atoms with Crippen LogP contribution in [-0.4, -0.2) is 72.3 Å². The van der Waals surface area contributed by atoms with Crippen molar-refractivity contribution in [3.05, 3.63) is 35.1 Å². The number of carbonyl (C=O) groups excluding carboxylic acids is 2. The molecule has 2 saturated heterocycles. The zero-order chi connectivity index (χ0) is 24.0. The van der Waals surface area contributed by atoms with Gasteiger partial charge in [0.1, 0.15) is 5.76 Å². The molecule has 3 aliphatic heterocycles. The Morgan fingerprint density at radius 1 is 1.32 bits per heavy atom. The SMILES string of the molecule is COc1ccc2c3c1O[C@@H]1C(OC(=O)C[C@@H]4OC(C)(C)OC4=O)=CC[C@]4(O)[C@H](C2)N(C)CC[C@@]314. The van der Waals surface area contributed by atoms with E-state index in [1.165, 1.54) is 0 Å².